The Kier molecular flexibility index (Phi) is 4.11. The van der Waals surface area contributed by atoms with Gasteiger partial charge in [-0.15, -0.1) is 0 Å². The lowest BCUT2D eigenvalue weighted by Crippen LogP contribution is -2.28. The average Bonchev–Trinajstić information content (AvgIpc) is 2.47. The Labute approximate surface area is 128 Å². The molecule has 0 aromatic heterocycles. The maximum Gasteiger partial charge on any atom is 0.243 e. The monoisotopic (exact) mass is 443 g/mol. The van der Waals surface area contributed by atoms with Crippen LogP contribution in [0.3, 0.4) is 0 Å². The first kappa shape index (κ1) is 13.0. The van der Waals surface area contributed by atoms with Gasteiger partial charge in [-0.3, -0.25) is 9.69 Å². The number of rotatable bonds is 1. The van der Waals surface area contributed by atoms with Gasteiger partial charge in [0, 0.05) is 13.4 Å². The summed E-state index contributed by atoms with van der Waals surface area (Å²) in [5, 5.41) is 0. The molecule has 2 rings (SSSR count). The molecule has 1 aromatic carbocycles. The molecule has 2 nitrogen and oxygen atoms in total. The fraction of sp³-hybridized carbons (Fsp3) is 0.111. The maximum atomic E-state index is 11.7. The van der Waals surface area contributed by atoms with Gasteiger partial charge >= 0.3 is 0 Å². The normalized spacial score (nSPS) is 16.1. The molecule has 0 bridgehead atoms. The van der Waals surface area contributed by atoms with Crippen molar-refractivity contribution in [3.8, 4) is 0 Å². The molecule has 1 aliphatic rings. The number of nitrogens with zero attached hydrogens (tertiary/aromatic N) is 1. The van der Waals surface area contributed by atoms with Crippen LogP contribution in [-0.2, 0) is 4.79 Å². The summed E-state index contributed by atoms with van der Waals surface area (Å²) in [5.74, 6) is 0.423. The van der Waals surface area contributed by atoms with Crippen LogP contribution in [0.5, 0.6) is 0 Å². The van der Waals surface area contributed by atoms with Gasteiger partial charge in [0.2, 0.25) is 5.91 Å². The molecule has 1 heterocycles. The van der Waals surface area contributed by atoms with E-state index in [0.29, 0.717) is 10.1 Å². The molecule has 1 saturated heterocycles. The summed E-state index contributed by atoms with van der Waals surface area (Å²) in [5.41, 5.74) is 0.767. The van der Waals surface area contributed by atoms with E-state index in [4.69, 9.17) is 12.2 Å². The lowest BCUT2D eigenvalue weighted by Gasteiger charge is -2.18. The van der Waals surface area contributed by atoms with Crippen molar-refractivity contribution in [3.05, 3.63) is 25.6 Å². The number of thiocarbonyl (C=S) groups is 1. The van der Waals surface area contributed by atoms with Gasteiger partial charge in [-0.1, -0.05) is 39.9 Å². The molecule has 16 heavy (non-hydrogen) atoms. The Bertz CT molecular complexity index is 453. The molecule has 1 aromatic rings. The highest BCUT2D eigenvalue weighted by atomic mass is 79.9. The van der Waals surface area contributed by atoms with Crippen molar-refractivity contribution >= 4 is 87.7 Å². The number of carbonyl (C=O) groups excluding carboxylic acids is 1. The largest absolute Gasteiger partial charge is 0.273 e. The molecule has 0 radical (unpaired) electrons. The molecule has 0 spiro atoms. The minimum Gasteiger partial charge on any atom is -0.273 e. The highest BCUT2D eigenvalue weighted by molar-refractivity contribution is 9.11. The Morgan fingerprint density at radius 3 is 2.25 bits per heavy atom. The van der Waals surface area contributed by atoms with Crippen LogP contribution in [-0.4, -0.2) is 16.0 Å². The number of hydrogen-bond acceptors (Lipinski definition) is 3. The molecule has 7 heteroatoms. The quantitative estimate of drug-likeness (QED) is 0.600. The predicted octanol–water partition coefficient (Wildman–Crippen LogP) is 4.34. The first-order valence-electron chi connectivity index (χ1n) is 4.15. The topological polar surface area (TPSA) is 20.3 Å². The first-order chi connectivity index (χ1) is 7.50. The Balaban J connectivity index is 2.55. The molecule has 0 atom stereocenters. The van der Waals surface area contributed by atoms with Gasteiger partial charge in [-0.2, -0.15) is 0 Å². The standard InChI is InChI=1S/C9H4Br3NOS2/c10-4-1-5(11)8(6(12)2-4)13-7(14)3-16-9(13)15/h1-2H,3H2. The zero-order valence-corrected chi connectivity index (χ0v) is 14.1. The SMILES string of the molecule is O=C1CSC(=S)N1c1c(Br)cc(Br)cc1Br. The van der Waals surface area contributed by atoms with Crippen LogP contribution in [0.4, 0.5) is 5.69 Å². The number of carbonyl (C=O) groups is 1. The minimum absolute atomic E-state index is 0.0127. The van der Waals surface area contributed by atoms with E-state index < -0.39 is 0 Å². The fourth-order valence-corrected chi connectivity index (χ4v) is 5.00. The number of hydrogen-bond donors (Lipinski definition) is 0. The first-order valence-corrected chi connectivity index (χ1v) is 7.92. The fourth-order valence-electron chi connectivity index (χ4n) is 1.32. The van der Waals surface area contributed by atoms with Crippen molar-refractivity contribution in [3.63, 3.8) is 0 Å². The molecule has 0 saturated carbocycles. The Hall–Kier alpha value is 0.570. The van der Waals surface area contributed by atoms with Crippen molar-refractivity contribution in [2.45, 2.75) is 0 Å². The van der Waals surface area contributed by atoms with Crippen LogP contribution in [0, 0.1) is 0 Å². The maximum absolute atomic E-state index is 11.7. The van der Waals surface area contributed by atoms with Crippen LogP contribution in [0.25, 0.3) is 0 Å². The van der Waals surface area contributed by atoms with Gasteiger partial charge in [-0.25, -0.2) is 0 Å². The number of thioether (sulfide) groups is 1. The van der Waals surface area contributed by atoms with Gasteiger partial charge in [0.05, 0.1) is 11.4 Å². The van der Waals surface area contributed by atoms with E-state index in [9.17, 15) is 4.79 Å². The van der Waals surface area contributed by atoms with E-state index in [1.165, 1.54) is 11.8 Å². The Morgan fingerprint density at radius 2 is 1.81 bits per heavy atom. The van der Waals surface area contributed by atoms with Gasteiger partial charge in [0.25, 0.3) is 0 Å². The summed E-state index contributed by atoms with van der Waals surface area (Å²) in [6.45, 7) is 0. The zero-order chi connectivity index (χ0) is 11.9. The van der Waals surface area contributed by atoms with E-state index in [1.54, 1.807) is 4.90 Å². The molecule has 1 amide bonds. The average molecular weight is 446 g/mol. The summed E-state index contributed by atoms with van der Waals surface area (Å²) >= 11 is 16.8. The van der Waals surface area contributed by atoms with Crippen LogP contribution >= 0.6 is 71.8 Å². The smallest absolute Gasteiger partial charge is 0.243 e. The number of anilines is 1. The summed E-state index contributed by atoms with van der Waals surface area (Å²) in [4.78, 5) is 13.3. The second kappa shape index (κ2) is 5.06. The molecule has 0 unspecified atom stereocenters. The Morgan fingerprint density at radius 1 is 1.25 bits per heavy atom. The number of amides is 1. The molecule has 0 N–H and O–H groups in total. The van der Waals surface area contributed by atoms with Gasteiger partial charge in [0.1, 0.15) is 4.32 Å². The summed E-state index contributed by atoms with van der Waals surface area (Å²) in [6, 6.07) is 3.78. The van der Waals surface area contributed by atoms with Crippen LogP contribution < -0.4 is 4.90 Å². The van der Waals surface area contributed by atoms with Crippen molar-refractivity contribution in [1.82, 2.24) is 0 Å². The van der Waals surface area contributed by atoms with Gasteiger partial charge < -0.3 is 0 Å². The third-order valence-corrected chi connectivity index (χ3v) is 4.98. The predicted molar refractivity (Wildman–Crippen MR) is 82.1 cm³/mol. The highest BCUT2D eigenvalue weighted by Gasteiger charge is 2.31. The van der Waals surface area contributed by atoms with E-state index in [2.05, 4.69) is 47.8 Å². The molecule has 1 fully saturated rings. The van der Waals surface area contributed by atoms with E-state index >= 15 is 0 Å². The lowest BCUT2D eigenvalue weighted by molar-refractivity contribution is -0.115. The van der Waals surface area contributed by atoms with E-state index in [-0.39, 0.29) is 5.91 Å². The second-order valence-corrected chi connectivity index (χ2v) is 7.24. The van der Waals surface area contributed by atoms with Gasteiger partial charge in [-0.05, 0) is 44.0 Å². The van der Waals surface area contributed by atoms with Crippen LogP contribution in [0.15, 0.2) is 25.6 Å². The molecular formula is C9H4Br3NOS2. The molecule has 0 aliphatic carbocycles. The lowest BCUT2D eigenvalue weighted by atomic mass is 10.3. The second-order valence-electron chi connectivity index (χ2n) is 3.00. The van der Waals surface area contributed by atoms with Crippen molar-refractivity contribution in [2.24, 2.45) is 0 Å². The summed E-state index contributed by atoms with van der Waals surface area (Å²) < 4.78 is 3.17. The third-order valence-electron chi connectivity index (χ3n) is 1.96. The number of benzene rings is 1. The van der Waals surface area contributed by atoms with Crippen molar-refractivity contribution < 1.29 is 4.79 Å². The summed E-state index contributed by atoms with van der Waals surface area (Å²) in [6.07, 6.45) is 0. The molecular weight excluding hydrogens is 442 g/mol. The van der Waals surface area contributed by atoms with Crippen molar-refractivity contribution in [2.75, 3.05) is 10.7 Å². The highest BCUT2D eigenvalue weighted by Crippen LogP contribution is 2.40. The molecule has 1 aliphatic heterocycles. The third kappa shape index (κ3) is 2.38. The molecule has 84 valence electrons. The van der Waals surface area contributed by atoms with Crippen molar-refractivity contribution in [1.29, 1.82) is 0 Å². The number of halogens is 3. The van der Waals surface area contributed by atoms with Gasteiger partial charge in [0.15, 0.2) is 0 Å². The zero-order valence-electron chi connectivity index (χ0n) is 7.67. The van der Waals surface area contributed by atoms with Crippen LogP contribution in [0.2, 0.25) is 0 Å². The minimum atomic E-state index is 0.0127. The summed E-state index contributed by atoms with van der Waals surface area (Å²) in [7, 11) is 0. The van der Waals surface area contributed by atoms with Crippen LogP contribution in [0.1, 0.15) is 0 Å². The van der Waals surface area contributed by atoms with E-state index in [1.807, 2.05) is 12.1 Å². The van der Waals surface area contributed by atoms with E-state index in [0.717, 1.165) is 19.1 Å².